The lowest BCUT2D eigenvalue weighted by molar-refractivity contribution is 0.0706. The maximum atomic E-state index is 13.8. The quantitative estimate of drug-likeness (QED) is 0.281. The summed E-state index contributed by atoms with van der Waals surface area (Å²) in [4.78, 5) is 42.8. The SMILES string of the molecule is CC(C)Oc1ccc(-n2c(C(=O)NCc3ccc(S(C)(=O)=O)cc3)c3n(c2=O)CCN(C(=O)c2ccc(Br)c(Cl)c2)C3)cc1. The lowest BCUT2D eigenvalue weighted by atomic mass is 10.1. The number of sulfone groups is 1. The van der Waals surface area contributed by atoms with Gasteiger partial charge in [0.05, 0.1) is 33.9 Å². The third-order valence-corrected chi connectivity index (χ3v) is 9.48. The largest absolute Gasteiger partial charge is 0.491 e. The van der Waals surface area contributed by atoms with Gasteiger partial charge in [0.15, 0.2) is 9.84 Å². The van der Waals surface area contributed by atoms with Crippen molar-refractivity contribution in [1.82, 2.24) is 19.4 Å². The van der Waals surface area contributed by atoms with Crippen LogP contribution in [0.3, 0.4) is 0 Å². The van der Waals surface area contributed by atoms with Gasteiger partial charge in [-0.25, -0.2) is 13.2 Å². The Hall–Kier alpha value is -3.87. The van der Waals surface area contributed by atoms with Crippen molar-refractivity contribution in [2.75, 3.05) is 12.8 Å². The average Bonchev–Trinajstić information content (AvgIpc) is 3.28. The summed E-state index contributed by atoms with van der Waals surface area (Å²) in [6.45, 7) is 4.38. The summed E-state index contributed by atoms with van der Waals surface area (Å²) >= 11 is 9.57. The summed E-state index contributed by atoms with van der Waals surface area (Å²) in [5, 5.41) is 3.26. The van der Waals surface area contributed by atoms with E-state index in [1.165, 1.54) is 21.3 Å². The highest BCUT2D eigenvalue weighted by Crippen LogP contribution is 2.26. The van der Waals surface area contributed by atoms with Crippen molar-refractivity contribution in [3.05, 3.63) is 109 Å². The van der Waals surface area contributed by atoms with Crippen LogP contribution in [-0.2, 0) is 29.5 Å². The van der Waals surface area contributed by atoms with Gasteiger partial charge in [-0.05, 0) is 89.9 Å². The molecule has 0 bridgehead atoms. The van der Waals surface area contributed by atoms with Crippen LogP contribution >= 0.6 is 27.5 Å². The minimum absolute atomic E-state index is 0.0229. The van der Waals surface area contributed by atoms with E-state index in [0.29, 0.717) is 37.8 Å². The molecule has 5 rings (SSSR count). The number of carbonyl (C=O) groups excluding carboxylic acids is 2. The number of aromatic nitrogens is 2. The van der Waals surface area contributed by atoms with Crippen molar-refractivity contribution in [2.24, 2.45) is 0 Å². The molecule has 1 aliphatic rings. The Balaban J connectivity index is 1.50. The number of halogens is 2. The lowest BCUT2D eigenvalue weighted by Gasteiger charge is -2.28. The molecule has 0 spiro atoms. The van der Waals surface area contributed by atoms with Crippen LogP contribution in [0.15, 0.2) is 80.9 Å². The second-order valence-electron chi connectivity index (χ2n) is 10.7. The molecule has 2 heterocycles. The zero-order valence-corrected chi connectivity index (χ0v) is 27.4. The van der Waals surface area contributed by atoms with Gasteiger partial charge in [-0.15, -0.1) is 0 Å². The molecule has 0 saturated heterocycles. The molecular weight excluding hydrogens is 672 g/mol. The zero-order valence-electron chi connectivity index (χ0n) is 24.2. The molecule has 0 unspecified atom stereocenters. The Kier molecular flexibility index (Phi) is 9.05. The Morgan fingerprint density at radius 1 is 1.02 bits per heavy atom. The molecule has 2 amide bonds. The number of benzene rings is 3. The first-order valence-electron chi connectivity index (χ1n) is 13.8. The van der Waals surface area contributed by atoms with E-state index in [2.05, 4.69) is 21.2 Å². The maximum absolute atomic E-state index is 13.8. The maximum Gasteiger partial charge on any atom is 0.333 e. The molecule has 13 heteroatoms. The minimum Gasteiger partial charge on any atom is -0.491 e. The topological polar surface area (TPSA) is 120 Å². The molecule has 1 N–H and O–H groups in total. The van der Waals surface area contributed by atoms with E-state index < -0.39 is 21.4 Å². The molecule has 0 saturated carbocycles. The molecule has 3 aromatic carbocycles. The lowest BCUT2D eigenvalue weighted by Crippen LogP contribution is -2.41. The minimum atomic E-state index is -3.36. The molecule has 230 valence electrons. The fourth-order valence-electron chi connectivity index (χ4n) is 4.98. The summed E-state index contributed by atoms with van der Waals surface area (Å²) in [5.74, 6) is -0.181. The number of ether oxygens (including phenoxy) is 1. The van der Waals surface area contributed by atoms with Crippen LogP contribution < -0.4 is 15.7 Å². The number of hydrogen-bond donors (Lipinski definition) is 1. The molecule has 44 heavy (non-hydrogen) atoms. The highest BCUT2D eigenvalue weighted by atomic mass is 79.9. The van der Waals surface area contributed by atoms with Gasteiger partial charge in [-0.1, -0.05) is 23.7 Å². The molecular formula is C31H30BrClN4O6S. The highest BCUT2D eigenvalue weighted by molar-refractivity contribution is 9.10. The van der Waals surface area contributed by atoms with Gasteiger partial charge in [0, 0.05) is 35.9 Å². The fraction of sp³-hybridized carbons (Fsp3) is 0.258. The predicted octanol–water partition coefficient (Wildman–Crippen LogP) is 4.83. The first-order chi connectivity index (χ1) is 20.8. The van der Waals surface area contributed by atoms with Gasteiger partial charge in [0.2, 0.25) is 0 Å². The number of rotatable bonds is 8. The Morgan fingerprint density at radius 2 is 1.70 bits per heavy atom. The van der Waals surface area contributed by atoms with E-state index in [0.717, 1.165) is 6.26 Å². The van der Waals surface area contributed by atoms with Crippen molar-refractivity contribution in [1.29, 1.82) is 0 Å². The smallest absolute Gasteiger partial charge is 0.333 e. The second kappa shape index (κ2) is 12.6. The molecule has 1 aromatic heterocycles. The van der Waals surface area contributed by atoms with Crippen LogP contribution in [0, 0.1) is 0 Å². The van der Waals surface area contributed by atoms with Crippen molar-refractivity contribution in [2.45, 2.75) is 44.5 Å². The number of fused-ring (bicyclic) bond motifs is 1. The molecule has 1 aliphatic heterocycles. The summed E-state index contributed by atoms with van der Waals surface area (Å²) in [7, 11) is -3.36. The normalized spacial score (nSPS) is 13.1. The summed E-state index contributed by atoms with van der Waals surface area (Å²) < 4.78 is 32.9. The molecule has 10 nitrogen and oxygen atoms in total. The van der Waals surface area contributed by atoms with Crippen molar-refractivity contribution in [3.63, 3.8) is 0 Å². The second-order valence-corrected chi connectivity index (χ2v) is 14.0. The van der Waals surface area contributed by atoms with Gasteiger partial charge in [-0.3, -0.25) is 18.7 Å². The first kappa shape index (κ1) is 31.6. The molecule has 0 fully saturated rings. The van der Waals surface area contributed by atoms with E-state index in [9.17, 15) is 22.8 Å². The zero-order chi connectivity index (χ0) is 31.8. The van der Waals surface area contributed by atoms with Crippen LogP contribution in [0.5, 0.6) is 5.75 Å². The number of nitrogens with one attached hydrogen (secondary N) is 1. The summed E-state index contributed by atoms with van der Waals surface area (Å²) in [6.07, 6.45) is 1.09. The standard InChI is InChI=1S/C31H30BrClN4O6S/c1-19(2)43-23-9-7-22(8-10-23)37-28(29(38)34-17-20-4-11-24(12-5-20)44(3,41)42)27-18-35(14-15-36(27)31(37)40)30(39)21-6-13-25(32)26(33)16-21/h4-13,16,19H,14-15,17-18H2,1-3H3,(H,34,38). The third kappa shape index (κ3) is 6.62. The van der Waals surface area contributed by atoms with Crippen molar-refractivity contribution >= 4 is 49.2 Å². The number of amides is 2. The van der Waals surface area contributed by atoms with Gasteiger partial charge >= 0.3 is 5.69 Å². The number of nitrogens with zero attached hydrogens (tertiary/aromatic N) is 3. The number of imidazole rings is 1. The van der Waals surface area contributed by atoms with E-state index in [4.69, 9.17) is 16.3 Å². The van der Waals surface area contributed by atoms with E-state index in [1.807, 2.05) is 13.8 Å². The Morgan fingerprint density at radius 3 is 2.32 bits per heavy atom. The van der Waals surface area contributed by atoms with Crippen molar-refractivity contribution in [3.8, 4) is 11.4 Å². The van der Waals surface area contributed by atoms with E-state index in [1.54, 1.807) is 59.5 Å². The average molecular weight is 702 g/mol. The van der Waals surface area contributed by atoms with Gasteiger partial charge in [0.1, 0.15) is 11.4 Å². The van der Waals surface area contributed by atoms with Crippen LogP contribution in [0.25, 0.3) is 5.69 Å². The highest BCUT2D eigenvalue weighted by Gasteiger charge is 2.32. The molecule has 0 radical (unpaired) electrons. The van der Waals surface area contributed by atoms with Gasteiger partial charge < -0.3 is 15.0 Å². The summed E-state index contributed by atoms with van der Waals surface area (Å²) in [5.41, 5.74) is 1.62. The number of hydrogen-bond acceptors (Lipinski definition) is 6. The van der Waals surface area contributed by atoms with Crippen LogP contribution in [0.2, 0.25) is 5.02 Å². The van der Waals surface area contributed by atoms with Gasteiger partial charge in [0.25, 0.3) is 11.8 Å². The monoisotopic (exact) mass is 700 g/mol. The van der Waals surface area contributed by atoms with Crippen LogP contribution in [-0.4, -0.2) is 53.2 Å². The van der Waals surface area contributed by atoms with Crippen LogP contribution in [0.1, 0.15) is 46.0 Å². The van der Waals surface area contributed by atoms with E-state index in [-0.39, 0.29) is 48.8 Å². The Labute approximate surface area is 268 Å². The van der Waals surface area contributed by atoms with Crippen LogP contribution in [0.4, 0.5) is 0 Å². The molecule has 0 aliphatic carbocycles. The molecule has 4 aromatic rings. The fourth-order valence-corrected chi connectivity index (χ4v) is 6.04. The van der Waals surface area contributed by atoms with E-state index >= 15 is 0 Å². The third-order valence-electron chi connectivity index (χ3n) is 7.12. The van der Waals surface area contributed by atoms with Crippen molar-refractivity contribution < 1.29 is 22.7 Å². The number of carbonyl (C=O) groups is 2. The first-order valence-corrected chi connectivity index (χ1v) is 16.8. The predicted molar refractivity (Wildman–Crippen MR) is 170 cm³/mol. The summed E-state index contributed by atoms with van der Waals surface area (Å²) in [6, 6.07) is 18.0. The molecule has 0 atom stereocenters. The Bertz CT molecular complexity index is 1900. The van der Waals surface area contributed by atoms with Gasteiger partial charge in [-0.2, -0.15) is 0 Å².